The first-order valence-electron chi connectivity index (χ1n) is 9.66. The van der Waals surface area contributed by atoms with Crippen LogP contribution in [-0.4, -0.2) is 36.4 Å². The van der Waals surface area contributed by atoms with Crippen LogP contribution in [-0.2, 0) is 27.4 Å². The summed E-state index contributed by atoms with van der Waals surface area (Å²) in [6, 6.07) is 13.2. The fourth-order valence-corrected chi connectivity index (χ4v) is 4.40. The summed E-state index contributed by atoms with van der Waals surface area (Å²) in [5.41, 5.74) is -0.576. The number of alkyl halides is 3. The number of carbonyl (C=O) groups excluding carboxylic acids is 1. The van der Waals surface area contributed by atoms with Crippen molar-refractivity contribution in [3.05, 3.63) is 59.9 Å². The molecule has 0 aliphatic rings. The van der Waals surface area contributed by atoms with Gasteiger partial charge >= 0.3 is 6.18 Å². The Morgan fingerprint density at radius 3 is 2.48 bits per heavy atom. The Kier molecular flexibility index (Phi) is 6.68. The van der Waals surface area contributed by atoms with Crippen molar-refractivity contribution in [1.82, 2.24) is 15.1 Å². The van der Waals surface area contributed by atoms with Gasteiger partial charge in [0.15, 0.2) is 15.5 Å². The van der Waals surface area contributed by atoms with E-state index in [9.17, 15) is 26.4 Å². The molecular formula is C21H22F3N3O3S. The van der Waals surface area contributed by atoms with Crippen molar-refractivity contribution < 1.29 is 26.4 Å². The second-order valence-electron chi connectivity index (χ2n) is 7.17. The number of aryl methyl sites for hydroxylation is 2. The highest BCUT2D eigenvalue weighted by Crippen LogP contribution is 2.28. The largest absolute Gasteiger partial charge is 0.435 e. The number of carbonyl (C=O) groups is 1. The van der Waals surface area contributed by atoms with Crippen LogP contribution in [0.3, 0.4) is 0 Å². The number of aromatic nitrogens is 2. The number of rotatable bonds is 8. The van der Waals surface area contributed by atoms with Crippen molar-refractivity contribution in [2.45, 2.75) is 37.4 Å². The highest BCUT2D eigenvalue weighted by atomic mass is 32.2. The number of sulfone groups is 1. The Morgan fingerprint density at radius 2 is 1.81 bits per heavy atom. The maximum absolute atomic E-state index is 12.7. The minimum absolute atomic E-state index is 0.161. The average Bonchev–Trinajstić information content (AvgIpc) is 3.10. The fraction of sp³-hybridized carbons (Fsp3) is 0.333. The minimum Gasteiger partial charge on any atom is -0.356 e. The third kappa shape index (κ3) is 5.84. The van der Waals surface area contributed by atoms with E-state index in [0.717, 1.165) is 16.8 Å². The molecule has 0 saturated carbocycles. The van der Waals surface area contributed by atoms with E-state index >= 15 is 0 Å². The van der Waals surface area contributed by atoms with E-state index in [0.29, 0.717) is 12.1 Å². The van der Waals surface area contributed by atoms with Gasteiger partial charge in [0.05, 0.1) is 10.6 Å². The third-order valence-electron chi connectivity index (χ3n) is 4.82. The summed E-state index contributed by atoms with van der Waals surface area (Å²) in [4.78, 5) is 12.2. The molecule has 0 aliphatic heterocycles. The van der Waals surface area contributed by atoms with Gasteiger partial charge in [0, 0.05) is 25.2 Å². The van der Waals surface area contributed by atoms with Gasteiger partial charge in [-0.3, -0.25) is 9.48 Å². The quantitative estimate of drug-likeness (QED) is 0.527. The molecule has 1 amide bonds. The molecule has 31 heavy (non-hydrogen) atoms. The number of nitrogens with one attached hydrogen (secondary N) is 1. The molecule has 0 fully saturated rings. The highest BCUT2D eigenvalue weighted by molar-refractivity contribution is 7.91. The lowest BCUT2D eigenvalue weighted by molar-refractivity contribution is -0.141. The molecule has 166 valence electrons. The number of hydrogen-bond acceptors (Lipinski definition) is 4. The number of fused-ring (bicyclic) bond motifs is 1. The maximum Gasteiger partial charge on any atom is 0.435 e. The number of benzene rings is 2. The molecule has 0 saturated heterocycles. The monoisotopic (exact) mass is 453 g/mol. The number of halogens is 3. The molecule has 0 unspecified atom stereocenters. The molecule has 0 radical (unpaired) electrons. The molecule has 3 aromatic rings. The van der Waals surface area contributed by atoms with Crippen LogP contribution in [0.5, 0.6) is 0 Å². The lowest BCUT2D eigenvalue weighted by atomic mass is 10.1. The summed E-state index contributed by atoms with van der Waals surface area (Å²) in [5.74, 6) is -0.762. The molecule has 10 heteroatoms. The lowest BCUT2D eigenvalue weighted by Crippen LogP contribution is -2.27. The van der Waals surface area contributed by atoms with Crippen LogP contribution in [0.1, 0.15) is 24.2 Å². The zero-order valence-electron chi connectivity index (χ0n) is 16.8. The summed E-state index contributed by atoms with van der Waals surface area (Å²) in [5, 5.41) is 7.84. The average molecular weight is 453 g/mol. The molecule has 6 nitrogen and oxygen atoms in total. The van der Waals surface area contributed by atoms with Gasteiger partial charge in [0.2, 0.25) is 5.91 Å². The Hall–Kier alpha value is -2.88. The van der Waals surface area contributed by atoms with E-state index < -0.39 is 27.6 Å². The summed E-state index contributed by atoms with van der Waals surface area (Å²) in [6.07, 6.45) is -4.34. The van der Waals surface area contributed by atoms with Gasteiger partial charge in [-0.25, -0.2) is 8.42 Å². The maximum atomic E-state index is 12.7. The predicted molar refractivity (Wildman–Crippen MR) is 110 cm³/mol. The van der Waals surface area contributed by atoms with Crippen LogP contribution in [0.2, 0.25) is 0 Å². The fourth-order valence-electron chi connectivity index (χ4n) is 3.13. The molecule has 0 spiro atoms. The Morgan fingerprint density at radius 1 is 1.10 bits per heavy atom. The van der Waals surface area contributed by atoms with Crippen molar-refractivity contribution >= 4 is 26.5 Å². The lowest BCUT2D eigenvalue weighted by Gasteiger charge is -2.08. The zero-order chi connectivity index (χ0) is 22.6. The van der Waals surface area contributed by atoms with Gasteiger partial charge < -0.3 is 5.32 Å². The van der Waals surface area contributed by atoms with Crippen LogP contribution in [0.4, 0.5) is 13.2 Å². The SMILES string of the molecule is Cc1cc(C(F)(F)F)nn1CCCNC(=O)CCS(=O)(=O)c1ccc2ccccc2c1. The zero-order valence-corrected chi connectivity index (χ0v) is 17.6. The van der Waals surface area contributed by atoms with Crippen LogP contribution < -0.4 is 5.32 Å². The Balaban J connectivity index is 1.47. The van der Waals surface area contributed by atoms with Crippen molar-refractivity contribution in [2.75, 3.05) is 12.3 Å². The molecule has 3 rings (SSSR count). The first kappa shape index (κ1) is 22.8. The summed E-state index contributed by atoms with van der Waals surface area (Å²) >= 11 is 0. The second kappa shape index (κ2) is 9.09. The molecular weight excluding hydrogens is 431 g/mol. The molecule has 1 aromatic heterocycles. The van der Waals surface area contributed by atoms with Crippen molar-refractivity contribution in [2.24, 2.45) is 0 Å². The van der Waals surface area contributed by atoms with E-state index in [2.05, 4.69) is 10.4 Å². The smallest absolute Gasteiger partial charge is 0.356 e. The molecule has 1 heterocycles. The number of hydrogen-bond donors (Lipinski definition) is 1. The Labute approximate surface area is 178 Å². The first-order chi connectivity index (χ1) is 14.6. The third-order valence-corrected chi connectivity index (χ3v) is 6.53. The summed E-state index contributed by atoms with van der Waals surface area (Å²) in [7, 11) is -3.62. The molecule has 0 atom stereocenters. The van der Waals surface area contributed by atoms with E-state index in [4.69, 9.17) is 0 Å². The first-order valence-corrected chi connectivity index (χ1v) is 11.3. The van der Waals surface area contributed by atoms with Crippen molar-refractivity contribution in [1.29, 1.82) is 0 Å². The summed E-state index contributed by atoms with van der Waals surface area (Å²) < 4.78 is 64.3. The van der Waals surface area contributed by atoms with Crippen molar-refractivity contribution in [3.8, 4) is 0 Å². The van der Waals surface area contributed by atoms with Gasteiger partial charge in [0.1, 0.15) is 0 Å². The molecule has 2 aromatic carbocycles. The number of amides is 1. The van der Waals surface area contributed by atoms with E-state index in [1.807, 2.05) is 24.3 Å². The normalized spacial score (nSPS) is 12.3. The summed E-state index contributed by atoms with van der Waals surface area (Å²) in [6.45, 7) is 1.94. The highest BCUT2D eigenvalue weighted by Gasteiger charge is 2.34. The minimum atomic E-state index is -4.50. The second-order valence-corrected chi connectivity index (χ2v) is 9.28. The van der Waals surface area contributed by atoms with Crippen LogP contribution >= 0.6 is 0 Å². The van der Waals surface area contributed by atoms with Crippen LogP contribution in [0, 0.1) is 6.92 Å². The van der Waals surface area contributed by atoms with E-state index in [1.54, 1.807) is 12.1 Å². The molecule has 0 aliphatic carbocycles. The van der Waals surface area contributed by atoms with Crippen LogP contribution in [0.15, 0.2) is 53.4 Å². The topological polar surface area (TPSA) is 81.1 Å². The van der Waals surface area contributed by atoms with Crippen LogP contribution in [0.25, 0.3) is 10.8 Å². The van der Waals surface area contributed by atoms with Gasteiger partial charge in [0.25, 0.3) is 0 Å². The standard InChI is InChI=1S/C21H22F3N3O3S/c1-15-13-19(21(22,23)24)26-27(15)11-4-10-25-20(28)9-12-31(29,30)18-8-7-16-5-2-3-6-17(16)14-18/h2-3,5-8,13-14H,4,9-12H2,1H3,(H,25,28). The Bertz CT molecular complexity index is 1190. The molecule has 1 N–H and O–H groups in total. The predicted octanol–water partition coefficient (Wildman–Crippen LogP) is 3.73. The van der Waals surface area contributed by atoms with E-state index in [-0.39, 0.29) is 30.2 Å². The number of nitrogens with zero attached hydrogens (tertiary/aromatic N) is 2. The van der Waals surface area contributed by atoms with Gasteiger partial charge in [-0.15, -0.1) is 0 Å². The van der Waals surface area contributed by atoms with Gasteiger partial charge in [-0.05, 0) is 42.3 Å². The van der Waals surface area contributed by atoms with Crippen molar-refractivity contribution in [3.63, 3.8) is 0 Å². The molecule has 0 bridgehead atoms. The van der Waals surface area contributed by atoms with Gasteiger partial charge in [-0.1, -0.05) is 30.3 Å². The van der Waals surface area contributed by atoms with Gasteiger partial charge in [-0.2, -0.15) is 18.3 Å². The van der Waals surface area contributed by atoms with E-state index in [1.165, 1.54) is 17.7 Å².